The van der Waals surface area contributed by atoms with Crippen LogP contribution in [0.15, 0.2) is 79.3 Å². The molecule has 3 rings (SSSR count). The highest BCUT2D eigenvalue weighted by molar-refractivity contribution is 5.91. The van der Waals surface area contributed by atoms with Crippen LogP contribution >= 0.6 is 0 Å². The first-order chi connectivity index (χ1) is 12.8. The number of hydrogen-bond donors (Lipinski definition) is 1. The second-order valence-corrected chi connectivity index (χ2v) is 5.59. The standard InChI is InChI=1S/C21H19N3O2/c25-21(24-15-19-5-1-2-13-23-19)11-8-17-6-9-20(10-7-17)26-16-18-4-3-12-22-14-18/h1-14H,15-16H2,(H,24,25)/b11-8+. The number of carbonyl (C=O) groups is 1. The van der Waals surface area contributed by atoms with Gasteiger partial charge in [-0.25, -0.2) is 0 Å². The maximum atomic E-state index is 11.9. The van der Waals surface area contributed by atoms with E-state index in [1.165, 1.54) is 6.08 Å². The van der Waals surface area contributed by atoms with E-state index < -0.39 is 0 Å². The maximum Gasteiger partial charge on any atom is 0.244 e. The van der Waals surface area contributed by atoms with Crippen LogP contribution in [0.2, 0.25) is 0 Å². The van der Waals surface area contributed by atoms with Gasteiger partial charge in [-0.2, -0.15) is 0 Å². The van der Waals surface area contributed by atoms with Crippen LogP contribution in [0.25, 0.3) is 6.08 Å². The fraction of sp³-hybridized carbons (Fsp3) is 0.0952. The highest BCUT2D eigenvalue weighted by Crippen LogP contribution is 2.14. The maximum absolute atomic E-state index is 11.9. The Bertz CT molecular complexity index is 847. The molecule has 0 fully saturated rings. The Morgan fingerprint density at radius 2 is 1.92 bits per heavy atom. The third-order valence-electron chi connectivity index (χ3n) is 3.61. The molecule has 0 aliphatic rings. The van der Waals surface area contributed by atoms with Crippen LogP contribution in [0.5, 0.6) is 5.75 Å². The molecule has 1 N–H and O–H groups in total. The van der Waals surface area contributed by atoms with Gasteiger partial charge in [-0.3, -0.25) is 14.8 Å². The fourth-order valence-electron chi connectivity index (χ4n) is 2.24. The number of aromatic nitrogens is 2. The van der Waals surface area contributed by atoms with E-state index in [9.17, 15) is 4.79 Å². The van der Waals surface area contributed by atoms with Crippen molar-refractivity contribution in [3.63, 3.8) is 0 Å². The van der Waals surface area contributed by atoms with Crippen molar-refractivity contribution in [3.05, 3.63) is 96.1 Å². The van der Waals surface area contributed by atoms with Crippen molar-refractivity contribution in [2.24, 2.45) is 0 Å². The number of amides is 1. The molecule has 5 heteroatoms. The topological polar surface area (TPSA) is 64.1 Å². The summed E-state index contributed by atoms with van der Waals surface area (Å²) >= 11 is 0. The Labute approximate surface area is 152 Å². The minimum absolute atomic E-state index is 0.160. The molecule has 0 aliphatic heterocycles. The Morgan fingerprint density at radius 1 is 1.04 bits per heavy atom. The van der Waals surface area contributed by atoms with Crippen molar-refractivity contribution in [2.45, 2.75) is 13.2 Å². The van der Waals surface area contributed by atoms with E-state index in [1.807, 2.05) is 54.6 Å². The van der Waals surface area contributed by atoms with Crippen LogP contribution in [0.4, 0.5) is 0 Å². The lowest BCUT2D eigenvalue weighted by Crippen LogP contribution is -2.20. The largest absolute Gasteiger partial charge is 0.489 e. The molecule has 2 heterocycles. The molecular weight excluding hydrogens is 326 g/mol. The third kappa shape index (κ3) is 5.56. The quantitative estimate of drug-likeness (QED) is 0.667. The van der Waals surface area contributed by atoms with Gasteiger partial charge in [0, 0.05) is 30.2 Å². The summed E-state index contributed by atoms with van der Waals surface area (Å²) in [6.45, 7) is 0.879. The third-order valence-corrected chi connectivity index (χ3v) is 3.61. The summed E-state index contributed by atoms with van der Waals surface area (Å²) in [6.07, 6.45) is 8.49. The number of benzene rings is 1. The molecule has 5 nitrogen and oxygen atoms in total. The van der Waals surface area contributed by atoms with Crippen LogP contribution < -0.4 is 10.1 Å². The highest BCUT2D eigenvalue weighted by Gasteiger charge is 1.99. The van der Waals surface area contributed by atoms with Crippen molar-refractivity contribution < 1.29 is 9.53 Å². The second kappa shape index (κ2) is 9.13. The lowest BCUT2D eigenvalue weighted by atomic mass is 10.2. The molecule has 0 atom stereocenters. The zero-order chi connectivity index (χ0) is 18.0. The van der Waals surface area contributed by atoms with Gasteiger partial charge in [0.05, 0.1) is 12.2 Å². The Hall–Kier alpha value is -3.47. The van der Waals surface area contributed by atoms with Gasteiger partial charge in [0.1, 0.15) is 12.4 Å². The molecule has 2 aromatic heterocycles. The molecule has 0 aliphatic carbocycles. The molecule has 0 bridgehead atoms. The Balaban J connectivity index is 1.47. The first-order valence-corrected chi connectivity index (χ1v) is 8.27. The summed E-state index contributed by atoms with van der Waals surface area (Å²) in [4.78, 5) is 20.1. The average Bonchev–Trinajstić information content (AvgIpc) is 2.71. The summed E-state index contributed by atoms with van der Waals surface area (Å²) in [5, 5.41) is 2.80. The van der Waals surface area contributed by atoms with Gasteiger partial charge in [0.25, 0.3) is 0 Å². The zero-order valence-electron chi connectivity index (χ0n) is 14.2. The summed E-state index contributed by atoms with van der Waals surface area (Å²) in [5.74, 6) is 0.609. The molecule has 1 amide bonds. The predicted octanol–water partition coefficient (Wildman–Crippen LogP) is 3.39. The Kier molecular flexibility index (Phi) is 6.09. The summed E-state index contributed by atoms with van der Waals surface area (Å²) in [6, 6.07) is 17.0. The number of nitrogens with zero attached hydrogens (tertiary/aromatic N) is 2. The van der Waals surface area contributed by atoms with Crippen LogP contribution in [-0.4, -0.2) is 15.9 Å². The van der Waals surface area contributed by atoms with E-state index in [0.29, 0.717) is 13.2 Å². The number of ether oxygens (including phenoxy) is 1. The minimum atomic E-state index is -0.160. The van der Waals surface area contributed by atoms with Gasteiger partial charge < -0.3 is 10.1 Å². The van der Waals surface area contributed by atoms with Crippen molar-refractivity contribution in [1.29, 1.82) is 0 Å². The number of hydrogen-bond acceptors (Lipinski definition) is 4. The molecule has 0 saturated heterocycles. The van der Waals surface area contributed by atoms with E-state index in [0.717, 1.165) is 22.6 Å². The zero-order valence-corrected chi connectivity index (χ0v) is 14.2. The van der Waals surface area contributed by atoms with Crippen molar-refractivity contribution >= 4 is 12.0 Å². The van der Waals surface area contributed by atoms with Crippen LogP contribution in [0, 0.1) is 0 Å². The van der Waals surface area contributed by atoms with E-state index in [1.54, 1.807) is 24.7 Å². The van der Waals surface area contributed by atoms with E-state index in [4.69, 9.17) is 4.74 Å². The van der Waals surface area contributed by atoms with Crippen molar-refractivity contribution in [1.82, 2.24) is 15.3 Å². The van der Waals surface area contributed by atoms with Crippen molar-refractivity contribution in [3.8, 4) is 5.75 Å². The van der Waals surface area contributed by atoms with E-state index >= 15 is 0 Å². The van der Waals surface area contributed by atoms with Gasteiger partial charge in [-0.15, -0.1) is 0 Å². The van der Waals surface area contributed by atoms with Crippen LogP contribution in [0.1, 0.15) is 16.8 Å². The molecule has 0 unspecified atom stereocenters. The lowest BCUT2D eigenvalue weighted by Gasteiger charge is -2.06. The summed E-state index contributed by atoms with van der Waals surface area (Å²) < 4.78 is 5.71. The smallest absolute Gasteiger partial charge is 0.244 e. The summed E-state index contributed by atoms with van der Waals surface area (Å²) in [5.41, 5.74) is 2.76. The molecule has 26 heavy (non-hydrogen) atoms. The SMILES string of the molecule is O=C(/C=C/c1ccc(OCc2cccnc2)cc1)NCc1ccccn1. The number of pyridine rings is 2. The first-order valence-electron chi connectivity index (χ1n) is 8.27. The van der Waals surface area contributed by atoms with Crippen LogP contribution in [-0.2, 0) is 17.9 Å². The van der Waals surface area contributed by atoms with Gasteiger partial charge >= 0.3 is 0 Å². The predicted molar refractivity (Wildman–Crippen MR) is 100 cm³/mol. The van der Waals surface area contributed by atoms with Crippen LogP contribution in [0.3, 0.4) is 0 Å². The monoisotopic (exact) mass is 345 g/mol. The Morgan fingerprint density at radius 3 is 2.65 bits per heavy atom. The number of carbonyl (C=O) groups excluding carboxylic acids is 1. The molecule has 0 spiro atoms. The van der Waals surface area contributed by atoms with E-state index in [-0.39, 0.29) is 5.91 Å². The van der Waals surface area contributed by atoms with Gasteiger partial charge in [0.2, 0.25) is 5.91 Å². The second-order valence-electron chi connectivity index (χ2n) is 5.59. The van der Waals surface area contributed by atoms with Crippen molar-refractivity contribution in [2.75, 3.05) is 0 Å². The van der Waals surface area contributed by atoms with Gasteiger partial charge in [-0.1, -0.05) is 24.3 Å². The fourth-order valence-corrected chi connectivity index (χ4v) is 2.24. The molecule has 1 aromatic carbocycles. The first kappa shape index (κ1) is 17.4. The van der Waals surface area contributed by atoms with Gasteiger partial charge in [-0.05, 0) is 42.0 Å². The molecule has 3 aromatic rings. The average molecular weight is 345 g/mol. The highest BCUT2D eigenvalue weighted by atomic mass is 16.5. The molecule has 0 saturated carbocycles. The summed E-state index contributed by atoms with van der Waals surface area (Å²) in [7, 11) is 0. The molecule has 130 valence electrons. The number of nitrogens with one attached hydrogen (secondary N) is 1. The minimum Gasteiger partial charge on any atom is -0.489 e. The normalized spacial score (nSPS) is 10.6. The van der Waals surface area contributed by atoms with E-state index in [2.05, 4.69) is 15.3 Å². The number of rotatable bonds is 7. The molecule has 0 radical (unpaired) electrons. The van der Waals surface area contributed by atoms with Gasteiger partial charge in [0.15, 0.2) is 0 Å². The lowest BCUT2D eigenvalue weighted by molar-refractivity contribution is -0.116. The molecular formula is C21H19N3O2.